The summed E-state index contributed by atoms with van der Waals surface area (Å²) in [5.74, 6) is -0.393. The van der Waals surface area contributed by atoms with Crippen molar-refractivity contribution in [2.75, 3.05) is 18.6 Å². The number of carboxylic acids is 1. The van der Waals surface area contributed by atoms with E-state index in [1.54, 1.807) is 12.1 Å². The highest BCUT2D eigenvalue weighted by atomic mass is 16.5. The van der Waals surface area contributed by atoms with Crippen LogP contribution in [0.4, 0.5) is 0 Å². The first-order valence-corrected chi connectivity index (χ1v) is 5.59. The lowest BCUT2D eigenvalue weighted by Gasteiger charge is -2.09. The Bertz CT molecular complexity index is 509. The molecule has 2 N–H and O–H groups in total. The molecule has 5 heteroatoms. The predicted octanol–water partition coefficient (Wildman–Crippen LogP) is 1.81. The molecular weight excluding hydrogens is 232 g/mol. The van der Waals surface area contributed by atoms with Crippen LogP contribution in [0.15, 0.2) is 48.8 Å². The number of benzene rings is 1. The topological polar surface area (TPSA) is 63.5 Å². The number of aromatic nitrogens is 1. The highest BCUT2D eigenvalue weighted by Crippen LogP contribution is 2.12. The van der Waals surface area contributed by atoms with Gasteiger partial charge in [-0.05, 0) is 30.3 Å². The van der Waals surface area contributed by atoms with Crippen LogP contribution in [-0.2, 0) is 0 Å². The van der Waals surface area contributed by atoms with Gasteiger partial charge in [-0.3, -0.25) is 4.68 Å². The number of carboxylic acid groups (broad SMARTS) is 1. The molecule has 18 heavy (non-hydrogen) atoms. The third-order valence-corrected chi connectivity index (χ3v) is 2.35. The Kier molecular flexibility index (Phi) is 3.86. The van der Waals surface area contributed by atoms with Crippen molar-refractivity contribution in [3.8, 4) is 5.75 Å². The fourth-order valence-corrected chi connectivity index (χ4v) is 1.50. The maximum atomic E-state index is 10.8. The Balaban J connectivity index is 1.79. The van der Waals surface area contributed by atoms with E-state index in [0.717, 1.165) is 0 Å². The Morgan fingerprint density at radius 3 is 2.78 bits per heavy atom. The molecule has 0 unspecified atom stereocenters. The lowest BCUT2D eigenvalue weighted by Crippen LogP contribution is -2.19. The van der Waals surface area contributed by atoms with E-state index in [-0.39, 0.29) is 5.56 Å². The molecule has 94 valence electrons. The van der Waals surface area contributed by atoms with Crippen LogP contribution in [-0.4, -0.2) is 28.9 Å². The number of carbonyl (C=O) groups is 1. The lowest BCUT2D eigenvalue weighted by molar-refractivity contribution is 0.0696. The molecule has 0 amide bonds. The molecule has 2 rings (SSSR count). The minimum atomic E-state index is -0.953. The number of nitrogens with one attached hydrogen (secondary N) is 1. The van der Waals surface area contributed by atoms with Crippen LogP contribution >= 0.6 is 0 Å². The van der Waals surface area contributed by atoms with Gasteiger partial charge in [0.15, 0.2) is 0 Å². The van der Waals surface area contributed by atoms with E-state index in [1.165, 1.54) is 12.1 Å². The largest absolute Gasteiger partial charge is 0.492 e. The third kappa shape index (κ3) is 3.28. The summed E-state index contributed by atoms with van der Waals surface area (Å²) in [6.07, 6.45) is 3.79. The van der Waals surface area contributed by atoms with E-state index in [2.05, 4.69) is 5.43 Å². The van der Waals surface area contributed by atoms with Crippen molar-refractivity contribution in [3.05, 3.63) is 54.4 Å². The van der Waals surface area contributed by atoms with Crippen LogP contribution in [0.1, 0.15) is 10.4 Å². The van der Waals surface area contributed by atoms with Gasteiger partial charge in [0.2, 0.25) is 0 Å². The molecule has 1 heterocycles. The zero-order valence-corrected chi connectivity index (χ0v) is 9.74. The summed E-state index contributed by atoms with van der Waals surface area (Å²) in [4.78, 5) is 10.8. The molecule has 0 fully saturated rings. The molecule has 0 spiro atoms. The molecule has 0 aliphatic rings. The summed E-state index contributed by atoms with van der Waals surface area (Å²) in [6.45, 7) is 1.09. The van der Waals surface area contributed by atoms with Gasteiger partial charge in [0.25, 0.3) is 0 Å². The maximum Gasteiger partial charge on any atom is 0.335 e. The van der Waals surface area contributed by atoms with Gasteiger partial charge < -0.3 is 15.3 Å². The molecule has 2 aromatic rings. The summed E-state index contributed by atoms with van der Waals surface area (Å²) >= 11 is 0. The zero-order valence-electron chi connectivity index (χ0n) is 9.74. The number of aromatic carboxylic acids is 1. The zero-order chi connectivity index (χ0) is 12.8. The van der Waals surface area contributed by atoms with Gasteiger partial charge in [0.05, 0.1) is 12.1 Å². The molecule has 0 radical (unpaired) electrons. The molecule has 0 aliphatic carbocycles. The Morgan fingerprint density at radius 2 is 2.06 bits per heavy atom. The van der Waals surface area contributed by atoms with Gasteiger partial charge in [0.1, 0.15) is 12.4 Å². The van der Waals surface area contributed by atoms with Crippen molar-refractivity contribution in [3.63, 3.8) is 0 Å². The van der Waals surface area contributed by atoms with Crippen LogP contribution in [0.5, 0.6) is 5.75 Å². The number of ether oxygens (including phenoxy) is 1. The third-order valence-electron chi connectivity index (χ3n) is 2.35. The second kappa shape index (κ2) is 5.77. The van der Waals surface area contributed by atoms with Crippen molar-refractivity contribution in [2.45, 2.75) is 0 Å². The number of hydrogen-bond donors (Lipinski definition) is 2. The molecule has 0 atom stereocenters. The van der Waals surface area contributed by atoms with Crippen molar-refractivity contribution >= 4 is 5.97 Å². The Labute approximate surface area is 105 Å². The Morgan fingerprint density at radius 1 is 1.28 bits per heavy atom. The average Bonchev–Trinajstić information content (AvgIpc) is 2.88. The first kappa shape index (κ1) is 12.0. The van der Waals surface area contributed by atoms with Gasteiger partial charge in [-0.15, -0.1) is 0 Å². The van der Waals surface area contributed by atoms with E-state index >= 15 is 0 Å². The van der Waals surface area contributed by atoms with E-state index in [9.17, 15) is 4.79 Å². The minimum Gasteiger partial charge on any atom is -0.492 e. The van der Waals surface area contributed by atoms with Gasteiger partial charge in [0, 0.05) is 12.4 Å². The van der Waals surface area contributed by atoms with E-state index in [0.29, 0.717) is 18.9 Å². The summed E-state index contributed by atoms with van der Waals surface area (Å²) in [6, 6.07) is 10.3. The lowest BCUT2D eigenvalue weighted by atomic mass is 10.2. The quantitative estimate of drug-likeness (QED) is 0.763. The van der Waals surface area contributed by atoms with Crippen LogP contribution in [0.3, 0.4) is 0 Å². The molecular formula is C13H14N2O3. The fourth-order valence-electron chi connectivity index (χ4n) is 1.50. The van der Waals surface area contributed by atoms with Gasteiger partial charge >= 0.3 is 5.97 Å². The van der Waals surface area contributed by atoms with Crippen LogP contribution in [0.2, 0.25) is 0 Å². The van der Waals surface area contributed by atoms with Gasteiger partial charge in [-0.1, -0.05) is 6.07 Å². The summed E-state index contributed by atoms with van der Waals surface area (Å²) in [5.41, 5.74) is 3.34. The molecule has 0 aliphatic heterocycles. The molecule has 0 bridgehead atoms. The van der Waals surface area contributed by atoms with Crippen LogP contribution < -0.4 is 10.2 Å². The predicted molar refractivity (Wildman–Crippen MR) is 67.6 cm³/mol. The molecule has 0 saturated heterocycles. The molecule has 5 nitrogen and oxygen atoms in total. The van der Waals surface area contributed by atoms with Crippen molar-refractivity contribution < 1.29 is 14.6 Å². The number of hydrogen-bond acceptors (Lipinski definition) is 3. The molecule has 0 saturated carbocycles. The second-order valence-electron chi connectivity index (χ2n) is 3.68. The van der Waals surface area contributed by atoms with E-state index in [4.69, 9.17) is 9.84 Å². The highest BCUT2D eigenvalue weighted by molar-refractivity contribution is 5.87. The summed E-state index contributed by atoms with van der Waals surface area (Å²) in [5, 5.41) is 8.83. The first-order chi connectivity index (χ1) is 8.75. The van der Waals surface area contributed by atoms with Crippen LogP contribution in [0, 0.1) is 0 Å². The second-order valence-corrected chi connectivity index (χ2v) is 3.68. The standard InChI is InChI=1S/C13H14N2O3/c16-13(17)11-4-3-5-12(10-11)18-9-6-14-15-7-1-2-8-15/h1-5,7-8,10,14H,6,9H2,(H,16,17). The highest BCUT2D eigenvalue weighted by Gasteiger charge is 2.03. The van der Waals surface area contributed by atoms with Crippen molar-refractivity contribution in [1.29, 1.82) is 0 Å². The Hall–Kier alpha value is -2.43. The molecule has 1 aromatic heterocycles. The first-order valence-electron chi connectivity index (χ1n) is 5.59. The fraction of sp³-hybridized carbons (Fsp3) is 0.154. The van der Waals surface area contributed by atoms with E-state index in [1.807, 2.05) is 29.2 Å². The average molecular weight is 246 g/mol. The minimum absolute atomic E-state index is 0.228. The normalized spacial score (nSPS) is 10.0. The summed E-state index contributed by atoms with van der Waals surface area (Å²) < 4.78 is 7.29. The van der Waals surface area contributed by atoms with Gasteiger partial charge in [-0.2, -0.15) is 0 Å². The smallest absolute Gasteiger partial charge is 0.335 e. The van der Waals surface area contributed by atoms with Crippen molar-refractivity contribution in [1.82, 2.24) is 4.68 Å². The number of rotatable bonds is 6. The monoisotopic (exact) mass is 246 g/mol. The SMILES string of the molecule is O=C(O)c1cccc(OCCNn2cccc2)c1. The maximum absolute atomic E-state index is 10.8. The summed E-state index contributed by atoms with van der Waals surface area (Å²) in [7, 11) is 0. The van der Waals surface area contributed by atoms with Crippen LogP contribution in [0.25, 0.3) is 0 Å². The molecule has 1 aromatic carbocycles. The van der Waals surface area contributed by atoms with Crippen molar-refractivity contribution in [2.24, 2.45) is 0 Å². The van der Waals surface area contributed by atoms with Gasteiger partial charge in [-0.25, -0.2) is 4.79 Å². The number of nitrogens with zero attached hydrogens (tertiary/aromatic N) is 1. The van der Waals surface area contributed by atoms with E-state index < -0.39 is 5.97 Å².